The van der Waals surface area contributed by atoms with Crippen LogP contribution in [0.2, 0.25) is 0 Å². The predicted octanol–water partition coefficient (Wildman–Crippen LogP) is 2.94. The van der Waals surface area contributed by atoms with Gasteiger partial charge in [0.15, 0.2) is 0 Å². The molecule has 0 radical (unpaired) electrons. The van der Waals surface area contributed by atoms with Crippen LogP contribution in [0.5, 0.6) is 0 Å². The molecule has 0 saturated carbocycles. The molecule has 1 rings (SSSR count). The molecule has 16 heavy (non-hydrogen) atoms. The van der Waals surface area contributed by atoms with Gasteiger partial charge in [0.05, 0.1) is 6.54 Å². The first-order valence-corrected chi connectivity index (χ1v) is 6.69. The third-order valence-corrected chi connectivity index (χ3v) is 3.31. The Morgan fingerprint density at radius 1 is 1.56 bits per heavy atom. The zero-order valence-electron chi connectivity index (χ0n) is 9.67. The molecule has 1 aromatic heterocycles. The van der Waals surface area contributed by atoms with Gasteiger partial charge < -0.3 is 10.1 Å². The molecule has 90 valence electrons. The van der Waals surface area contributed by atoms with Gasteiger partial charge in [-0.05, 0) is 42.8 Å². The highest BCUT2D eigenvalue weighted by Crippen LogP contribution is 2.19. The number of halogens is 1. The van der Waals surface area contributed by atoms with Gasteiger partial charge in [0.1, 0.15) is 5.60 Å². The molecule has 0 spiro atoms. The first-order valence-electron chi connectivity index (χ1n) is 5.02. The van der Waals surface area contributed by atoms with Gasteiger partial charge in [0.2, 0.25) is 0 Å². The molecule has 0 atom stereocenters. The highest BCUT2D eigenvalue weighted by Gasteiger charge is 2.15. The number of carbonyl (C=O) groups excluding carboxylic acids is 1. The van der Waals surface area contributed by atoms with Crippen molar-refractivity contribution in [1.82, 2.24) is 5.32 Å². The monoisotopic (exact) mass is 305 g/mol. The van der Waals surface area contributed by atoms with E-state index in [0.29, 0.717) is 6.54 Å². The largest absolute Gasteiger partial charge is 0.459 e. The molecule has 0 aromatic carbocycles. The summed E-state index contributed by atoms with van der Waals surface area (Å²) in [6.45, 7) is 6.52. The Morgan fingerprint density at radius 2 is 2.25 bits per heavy atom. The Balaban J connectivity index is 2.23. The predicted molar refractivity (Wildman–Crippen MR) is 69.6 cm³/mol. The van der Waals surface area contributed by atoms with Crippen LogP contribution in [0.3, 0.4) is 0 Å². The van der Waals surface area contributed by atoms with Crippen LogP contribution in [-0.2, 0) is 16.1 Å². The van der Waals surface area contributed by atoms with E-state index in [1.807, 2.05) is 32.2 Å². The molecule has 0 amide bonds. The van der Waals surface area contributed by atoms with Crippen LogP contribution in [0.15, 0.2) is 15.9 Å². The first-order chi connectivity index (χ1) is 7.37. The lowest BCUT2D eigenvalue weighted by atomic mass is 10.2. The maximum absolute atomic E-state index is 11.4. The molecule has 1 N–H and O–H groups in total. The van der Waals surface area contributed by atoms with Gasteiger partial charge in [-0.15, -0.1) is 11.3 Å². The lowest BCUT2D eigenvalue weighted by molar-refractivity contribution is -0.153. The second-order valence-corrected chi connectivity index (χ2v) is 6.33. The standard InChI is InChI=1S/C11H16BrNO2S/c1-11(2,3)15-10(14)6-13-5-9-4-8(12)7-16-9/h4,7,13H,5-6H2,1-3H3. The molecule has 1 aromatic rings. The lowest BCUT2D eigenvalue weighted by Gasteiger charge is -2.19. The fourth-order valence-corrected chi connectivity index (χ4v) is 2.53. The Labute approximate surface area is 108 Å². The van der Waals surface area contributed by atoms with E-state index in [2.05, 4.69) is 21.2 Å². The number of hydrogen-bond donors (Lipinski definition) is 1. The first kappa shape index (κ1) is 13.7. The average Bonchev–Trinajstić information content (AvgIpc) is 2.48. The van der Waals surface area contributed by atoms with Crippen molar-refractivity contribution >= 4 is 33.2 Å². The maximum atomic E-state index is 11.4. The molecule has 0 bridgehead atoms. The van der Waals surface area contributed by atoms with Crippen molar-refractivity contribution in [2.45, 2.75) is 32.9 Å². The highest BCUT2D eigenvalue weighted by atomic mass is 79.9. The summed E-state index contributed by atoms with van der Waals surface area (Å²) in [6, 6.07) is 2.03. The van der Waals surface area contributed by atoms with E-state index >= 15 is 0 Å². The van der Waals surface area contributed by atoms with Gasteiger partial charge in [-0.1, -0.05) is 0 Å². The van der Waals surface area contributed by atoms with Crippen LogP contribution in [0.4, 0.5) is 0 Å². The van der Waals surface area contributed by atoms with Crippen molar-refractivity contribution in [2.75, 3.05) is 6.54 Å². The maximum Gasteiger partial charge on any atom is 0.320 e. The van der Waals surface area contributed by atoms with E-state index in [1.165, 1.54) is 4.88 Å². The number of esters is 1. The minimum Gasteiger partial charge on any atom is -0.459 e. The Bertz CT molecular complexity index is 357. The van der Waals surface area contributed by atoms with Crippen LogP contribution >= 0.6 is 27.3 Å². The number of carbonyl (C=O) groups is 1. The number of nitrogens with one attached hydrogen (secondary N) is 1. The quantitative estimate of drug-likeness (QED) is 0.869. The molecule has 0 aliphatic rings. The SMILES string of the molecule is CC(C)(C)OC(=O)CNCc1cc(Br)cs1. The number of thiophene rings is 1. The molecule has 0 fully saturated rings. The van der Waals surface area contributed by atoms with E-state index in [0.717, 1.165) is 4.47 Å². The minimum atomic E-state index is -0.412. The molecule has 0 aliphatic carbocycles. The molecule has 5 heteroatoms. The summed E-state index contributed by atoms with van der Waals surface area (Å²) < 4.78 is 6.25. The summed E-state index contributed by atoms with van der Waals surface area (Å²) in [4.78, 5) is 12.6. The Hall–Kier alpha value is -0.390. The summed E-state index contributed by atoms with van der Waals surface area (Å²) in [5, 5.41) is 5.07. The minimum absolute atomic E-state index is 0.219. The highest BCUT2D eigenvalue weighted by molar-refractivity contribution is 9.10. The smallest absolute Gasteiger partial charge is 0.320 e. The van der Waals surface area contributed by atoms with Crippen molar-refractivity contribution in [1.29, 1.82) is 0 Å². The zero-order chi connectivity index (χ0) is 12.2. The van der Waals surface area contributed by atoms with Crippen molar-refractivity contribution in [3.63, 3.8) is 0 Å². The van der Waals surface area contributed by atoms with Crippen LogP contribution in [-0.4, -0.2) is 18.1 Å². The van der Waals surface area contributed by atoms with Gasteiger partial charge in [-0.25, -0.2) is 0 Å². The van der Waals surface area contributed by atoms with Crippen LogP contribution in [0, 0.1) is 0 Å². The fraction of sp³-hybridized carbons (Fsp3) is 0.545. The van der Waals surface area contributed by atoms with Gasteiger partial charge >= 0.3 is 5.97 Å². The molecule has 0 saturated heterocycles. The molecular formula is C11H16BrNO2S. The number of rotatable bonds is 4. The molecule has 3 nitrogen and oxygen atoms in total. The molecule has 0 unspecified atom stereocenters. The normalized spacial score (nSPS) is 11.5. The lowest BCUT2D eigenvalue weighted by Crippen LogP contribution is -2.31. The third kappa shape index (κ3) is 5.63. The average molecular weight is 306 g/mol. The van der Waals surface area contributed by atoms with Gasteiger partial charge in [-0.3, -0.25) is 4.79 Å². The van der Waals surface area contributed by atoms with Crippen molar-refractivity contribution < 1.29 is 9.53 Å². The second kappa shape index (κ2) is 5.80. The van der Waals surface area contributed by atoms with E-state index < -0.39 is 5.60 Å². The number of hydrogen-bond acceptors (Lipinski definition) is 4. The summed E-state index contributed by atoms with van der Waals surface area (Å²) in [5.74, 6) is -0.219. The number of ether oxygens (including phenoxy) is 1. The van der Waals surface area contributed by atoms with E-state index in [-0.39, 0.29) is 12.5 Å². The summed E-state index contributed by atoms with van der Waals surface area (Å²) in [6.07, 6.45) is 0. The Morgan fingerprint density at radius 3 is 2.75 bits per heavy atom. The Kier molecular flexibility index (Phi) is 4.95. The van der Waals surface area contributed by atoms with E-state index in [1.54, 1.807) is 11.3 Å². The zero-order valence-corrected chi connectivity index (χ0v) is 12.1. The van der Waals surface area contributed by atoms with Crippen LogP contribution in [0.1, 0.15) is 25.6 Å². The molecular weight excluding hydrogens is 290 g/mol. The van der Waals surface area contributed by atoms with Crippen LogP contribution < -0.4 is 5.32 Å². The van der Waals surface area contributed by atoms with Crippen LogP contribution in [0.25, 0.3) is 0 Å². The third-order valence-electron chi connectivity index (χ3n) is 1.61. The van der Waals surface area contributed by atoms with Crippen molar-refractivity contribution in [3.05, 3.63) is 20.8 Å². The van der Waals surface area contributed by atoms with Gasteiger partial charge in [-0.2, -0.15) is 0 Å². The van der Waals surface area contributed by atoms with Gasteiger partial charge in [0.25, 0.3) is 0 Å². The molecule has 1 heterocycles. The van der Waals surface area contributed by atoms with E-state index in [9.17, 15) is 4.79 Å². The molecule has 0 aliphatic heterocycles. The fourth-order valence-electron chi connectivity index (χ4n) is 1.11. The van der Waals surface area contributed by atoms with Crippen molar-refractivity contribution in [3.8, 4) is 0 Å². The summed E-state index contributed by atoms with van der Waals surface area (Å²) in [5.41, 5.74) is -0.412. The van der Waals surface area contributed by atoms with E-state index in [4.69, 9.17) is 4.74 Å². The summed E-state index contributed by atoms with van der Waals surface area (Å²) >= 11 is 5.04. The topological polar surface area (TPSA) is 38.3 Å². The summed E-state index contributed by atoms with van der Waals surface area (Å²) in [7, 11) is 0. The van der Waals surface area contributed by atoms with Crippen molar-refractivity contribution in [2.24, 2.45) is 0 Å². The van der Waals surface area contributed by atoms with Gasteiger partial charge in [0, 0.05) is 21.3 Å². The second-order valence-electron chi connectivity index (χ2n) is 4.42.